The van der Waals surface area contributed by atoms with Crippen molar-refractivity contribution in [3.63, 3.8) is 0 Å². The topological polar surface area (TPSA) is 35.5 Å². The molecule has 0 atom stereocenters. The molecule has 0 amide bonds. The van der Waals surface area contributed by atoms with E-state index < -0.39 is 5.97 Å². The number of hydrogen-bond donors (Lipinski definition) is 0. The maximum absolute atomic E-state index is 12.3. The molecular weight excluding hydrogens is 288 g/mol. The zero-order valence-corrected chi connectivity index (χ0v) is 13.7. The van der Waals surface area contributed by atoms with Crippen LogP contribution in [0.15, 0.2) is 54.6 Å². The third-order valence-corrected chi connectivity index (χ3v) is 3.57. The van der Waals surface area contributed by atoms with Gasteiger partial charge in [-0.2, -0.15) is 0 Å². The van der Waals surface area contributed by atoms with Gasteiger partial charge in [-0.05, 0) is 30.7 Å². The molecule has 23 heavy (non-hydrogen) atoms. The molecule has 0 aliphatic carbocycles. The van der Waals surface area contributed by atoms with Gasteiger partial charge in [0.15, 0.2) is 0 Å². The highest BCUT2D eigenvalue weighted by molar-refractivity contribution is 5.93. The summed E-state index contributed by atoms with van der Waals surface area (Å²) in [7, 11) is 0. The fraction of sp³-hybridized carbons (Fsp3) is 0.350. The van der Waals surface area contributed by atoms with Gasteiger partial charge in [-0.3, -0.25) is 0 Å². The average Bonchev–Trinajstić information content (AvgIpc) is 2.59. The van der Waals surface area contributed by atoms with Crippen molar-refractivity contribution >= 4 is 5.97 Å². The minimum atomic E-state index is -0.391. The molecule has 3 heteroatoms. The van der Waals surface area contributed by atoms with E-state index in [0.29, 0.717) is 23.7 Å². The molecule has 0 aliphatic rings. The van der Waals surface area contributed by atoms with Gasteiger partial charge < -0.3 is 9.47 Å². The van der Waals surface area contributed by atoms with Crippen LogP contribution in [0.4, 0.5) is 0 Å². The number of para-hydroxylation sites is 2. The molecule has 0 bridgehead atoms. The Kier molecular flexibility index (Phi) is 7.18. The van der Waals surface area contributed by atoms with Crippen LogP contribution in [-0.4, -0.2) is 12.6 Å². The summed E-state index contributed by atoms with van der Waals surface area (Å²) < 4.78 is 11.2. The smallest absolute Gasteiger partial charge is 0.347 e. The summed E-state index contributed by atoms with van der Waals surface area (Å²) in [4.78, 5) is 12.3. The van der Waals surface area contributed by atoms with Crippen LogP contribution in [-0.2, 0) is 0 Å². The van der Waals surface area contributed by atoms with Gasteiger partial charge in [0, 0.05) is 0 Å². The molecule has 0 radical (unpaired) electrons. The Labute approximate surface area is 138 Å². The van der Waals surface area contributed by atoms with E-state index in [1.807, 2.05) is 36.4 Å². The summed E-state index contributed by atoms with van der Waals surface area (Å²) in [5.74, 6) is 0.730. The Hall–Kier alpha value is -2.29. The lowest BCUT2D eigenvalue weighted by Crippen LogP contribution is -2.11. The van der Waals surface area contributed by atoms with Gasteiger partial charge in [0.1, 0.15) is 17.1 Å². The fourth-order valence-corrected chi connectivity index (χ4v) is 2.30. The zero-order chi connectivity index (χ0) is 16.3. The maximum Gasteiger partial charge on any atom is 0.347 e. The predicted molar refractivity (Wildman–Crippen MR) is 92.1 cm³/mol. The molecule has 0 unspecified atom stereocenters. The van der Waals surface area contributed by atoms with E-state index in [1.165, 1.54) is 19.3 Å². The van der Waals surface area contributed by atoms with Crippen LogP contribution < -0.4 is 9.47 Å². The Morgan fingerprint density at radius 3 is 2.35 bits per heavy atom. The lowest BCUT2D eigenvalue weighted by molar-refractivity contribution is 0.0730. The van der Waals surface area contributed by atoms with E-state index in [2.05, 4.69) is 6.92 Å². The Balaban J connectivity index is 1.90. The van der Waals surface area contributed by atoms with Gasteiger partial charge in [-0.1, -0.05) is 62.9 Å². The first-order chi connectivity index (χ1) is 11.3. The van der Waals surface area contributed by atoms with Crippen LogP contribution in [0.3, 0.4) is 0 Å². The minimum Gasteiger partial charge on any atom is -0.493 e. The molecule has 2 aromatic carbocycles. The minimum absolute atomic E-state index is 0.391. The zero-order valence-electron chi connectivity index (χ0n) is 13.7. The van der Waals surface area contributed by atoms with Crippen LogP contribution in [0.25, 0.3) is 0 Å². The normalized spacial score (nSPS) is 10.3. The molecule has 0 fully saturated rings. The van der Waals surface area contributed by atoms with Crippen molar-refractivity contribution in [1.82, 2.24) is 0 Å². The summed E-state index contributed by atoms with van der Waals surface area (Å²) in [6, 6.07) is 16.3. The lowest BCUT2D eigenvalue weighted by Gasteiger charge is -2.11. The van der Waals surface area contributed by atoms with Crippen LogP contribution in [0.1, 0.15) is 49.4 Å². The van der Waals surface area contributed by atoms with Gasteiger partial charge in [0.05, 0.1) is 6.61 Å². The van der Waals surface area contributed by atoms with Crippen LogP contribution >= 0.6 is 0 Å². The maximum atomic E-state index is 12.3. The standard InChI is InChI=1S/C20H24O3/c1-2-3-4-5-11-16-22-19-15-10-9-14-18(19)20(21)23-17-12-7-6-8-13-17/h6-10,12-15H,2-5,11,16H2,1H3. The molecule has 2 aromatic rings. The summed E-state index contributed by atoms with van der Waals surface area (Å²) in [6.45, 7) is 2.82. The summed E-state index contributed by atoms with van der Waals surface area (Å²) >= 11 is 0. The highest BCUT2D eigenvalue weighted by Gasteiger charge is 2.14. The number of rotatable bonds is 9. The van der Waals surface area contributed by atoms with Crippen LogP contribution in [0, 0.1) is 0 Å². The highest BCUT2D eigenvalue weighted by Crippen LogP contribution is 2.21. The van der Waals surface area contributed by atoms with E-state index >= 15 is 0 Å². The average molecular weight is 312 g/mol. The summed E-state index contributed by atoms with van der Waals surface area (Å²) in [5, 5.41) is 0. The van der Waals surface area contributed by atoms with Crippen molar-refractivity contribution in [2.24, 2.45) is 0 Å². The van der Waals surface area contributed by atoms with Crippen LogP contribution in [0.2, 0.25) is 0 Å². The molecule has 2 rings (SSSR count). The number of carbonyl (C=O) groups excluding carboxylic acids is 1. The fourth-order valence-electron chi connectivity index (χ4n) is 2.30. The van der Waals surface area contributed by atoms with Crippen LogP contribution in [0.5, 0.6) is 11.5 Å². The first kappa shape index (κ1) is 17.1. The van der Waals surface area contributed by atoms with Gasteiger partial charge in [-0.25, -0.2) is 4.79 Å². The lowest BCUT2D eigenvalue weighted by atomic mass is 10.1. The molecule has 0 aromatic heterocycles. The van der Waals surface area contributed by atoms with Crippen molar-refractivity contribution < 1.29 is 14.3 Å². The van der Waals surface area contributed by atoms with Crippen molar-refractivity contribution in [2.45, 2.75) is 39.0 Å². The van der Waals surface area contributed by atoms with Crippen molar-refractivity contribution in [3.8, 4) is 11.5 Å². The van der Waals surface area contributed by atoms with Gasteiger partial charge >= 0.3 is 5.97 Å². The molecule has 0 aliphatic heterocycles. The largest absolute Gasteiger partial charge is 0.493 e. The van der Waals surface area contributed by atoms with E-state index in [-0.39, 0.29) is 0 Å². The second-order valence-electron chi connectivity index (χ2n) is 5.46. The van der Waals surface area contributed by atoms with Crippen molar-refractivity contribution in [1.29, 1.82) is 0 Å². The van der Waals surface area contributed by atoms with E-state index in [0.717, 1.165) is 12.8 Å². The molecule has 0 spiro atoms. The molecular formula is C20H24O3. The SMILES string of the molecule is CCCCCCCOc1ccccc1C(=O)Oc1ccccc1. The molecule has 0 saturated carbocycles. The number of hydrogen-bond acceptors (Lipinski definition) is 3. The second kappa shape index (κ2) is 9.67. The second-order valence-corrected chi connectivity index (χ2v) is 5.46. The van der Waals surface area contributed by atoms with Gasteiger partial charge in [0.25, 0.3) is 0 Å². The molecule has 0 heterocycles. The predicted octanol–water partition coefficient (Wildman–Crippen LogP) is 5.26. The molecule has 122 valence electrons. The molecule has 3 nitrogen and oxygen atoms in total. The van der Waals surface area contributed by atoms with Crippen molar-refractivity contribution in [3.05, 3.63) is 60.2 Å². The molecule has 0 saturated heterocycles. The highest BCUT2D eigenvalue weighted by atomic mass is 16.5. The van der Waals surface area contributed by atoms with Gasteiger partial charge in [0.2, 0.25) is 0 Å². The first-order valence-electron chi connectivity index (χ1n) is 8.30. The number of benzene rings is 2. The first-order valence-corrected chi connectivity index (χ1v) is 8.30. The van der Waals surface area contributed by atoms with Gasteiger partial charge in [-0.15, -0.1) is 0 Å². The Morgan fingerprint density at radius 2 is 1.57 bits per heavy atom. The number of unbranched alkanes of at least 4 members (excludes halogenated alkanes) is 4. The molecule has 0 N–H and O–H groups in total. The van der Waals surface area contributed by atoms with Crippen molar-refractivity contribution in [2.75, 3.05) is 6.61 Å². The number of esters is 1. The number of ether oxygens (including phenoxy) is 2. The number of carbonyl (C=O) groups is 1. The third kappa shape index (κ3) is 5.78. The Morgan fingerprint density at radius 1 is 0.870 bits per heavy atom. The van der Waals surface area contributed by atoms with E-state index in [9.17, 15) is 4.79 Å². The third-order valence-electron chi connectivity index (χ3n) is 3.57. The Bertz CT molecular complexity index is 593. The van der Waals surface area contributed by atoms with E-state index in [1.54, 1.807) is 18.2 Å². The summed E-state index contributed by atoms with van der Waals surface area (Å²) in [5.41, 5.74) is 0.463. The quantitative estimate of drug-likeness (QED) is 0.360. The van der Waals surface area contributed by atoms with E-state index in [4.69, 9.17) is 9.47 Å². The monoisotopic (exact) mass is 312 g/mol. The summed E-state index contributed by atoms with van der Waals surface area (Å²) in [6.07, 6.45) is 5.89.